The van der Waals surface area contributed by atoms with Crippen LogP contribution in [0.2, 0.25) is 0 Å². The Kier molecular flexibility index (Phi) is 3.23. The van der Waals surface area contributed by atoms with E-state index in [1.807, 2.05) is 30.3 Å². The highest BCUT2D eigenvalue weighted by Gasteiger charge is 2.02. The van der Waals surface area contributed by atoms with Gasteiger partial charge < -0.3 is 10.5 Å². The predicted molar refractivity (Wildman–Crippen MR) is 65.0 cm³/mol. The molecule has 15 heavy (non-hydrogen) atoms. The number of nitrogens with zero attached hydrogens (tertiary/aromatic N) is 1. The van der Waals surface area contributed by atoms with Crippen molar-refractivity contribution in [3.63, 3.8) is 0 Å². The lowest BCUT2D eigenvalue weighted by Gasteiger charge is -2.05. The van der Waals surface area contributed by atoms with Crippen molar-refractivity contribution in [1.29, 1.82) is 0 Å². The molecule has 1 heterocycles. The summed E-state index contributed by atoms with van der Waals surface area (Å²) >= 11 is 4.69. The van der Waals surface area contributed by atoms with Crippen molar-refractivity contribution < 1.29 is 4.74 Å². The Labute approximate surface area is 100 Å². The van der Waals surface area contributed by atoms with Gasteiger partial charge >= 0.3 is 0 Å². The summed E-state index contributed by atoms with van der Waals surface area (Å²) in [6, 6.07) is 9.53. The Balaban J connectivity index is 2.02. The number of benzene rings is 1. The van der Waals surface area contributed by atoms with E-state index in [9.17, 15) is 0 Å². The first-order valence-electron chi connectivity index (χ1n) is 4.34. The Morgan fingerprint density at radius 1 is 1.40 bits per heavy atom. The number of hydrogen-bond acceptors (Lipinski definition) is 4. The molecule has 1 aromatic heterocycles. The fourth-order valence-corrected chi connectivity index (χ4v) is 2.03. The maximum atomic E-state index is 5.58. The summed E-state index contributed by atoms with van der Waals surface area (Å²) in [6.07, 6.45) is 0. The third kappa shape index (κ3) is 2.70. The molecule has 2 N–H and O–H groups in total. The largest absolute Gasteiger partial charge is 0.486 e. The van der Waals surface area contributed by atoms with E-state index in [0.717, 1.165) is 15.9 Å². The average molecular weight is 285 g/mol. The Morgan fingerprint density at radius 3 is 2.87 bits per heavy atom. The number of nitrogen functional groups attached to an aromatic ring is 1. The van der Waals surface area contributed by atoms with Gasteiger partial charge in [-0.15, -0.1) is 0 Å². The van der Waals surface area contributed by atoms with Crippen LogP contribution in [0.15, 0.2) is 34.8 Å². The quantitative estimate of drug-likeness (QED) is 0.942. The summed E-state index contributed by atoms with van der Waals surface area (Å²) in [5, 5.41) is 0.709. The zero-order valence-electron chi connectivity index (χ0n) is 7.81. The van der Waals surface area contributed by atoms with Crippen LogP contribution < -0.4 is 10.5 Å². The van der Waals surface area contributed by atoms with Crippen molar-refractivity contribution in [2.24, 2.45) is 0 Å². The fraction of sp³-hybridized carbons (Fsp3) is 0.100. The number of aromatic nitrogens is 1. The van der Waals surface area contributed by atoms with Gasteiger partial charge in [0.05, 0.1) is 10.2 Å². The lowest BCUT2D eigenvalue weighted by molar-refractivity contribution is 0.301. The number of halogens is 1. The minimum Gasteiger partial charge on any atom is -0.486 e. The van der Waals surface area contributed by atoms with Crippen LogP contribution in [0.1, 0.15) is 5.69 Å². The summed E-state index contributed by atoms with van der Waals surface area (Å²) in [4.78, 5) is 0. The van der Waals surface area contributed by atoms with E-state index in [-0.39, 0.29) is 0 Å². The molecule has 2 aromatic rings. The van der Waals surface area contributed by atoms with Crippen molar-refractivity contribution in [2.45, 2.75) is 6.61 Å². The Morgan fingerprint density at radius 2 is 2.20 bits per heavy atom. The van der Waals surface area contributed by atoms with E-state index in [0.29, 0.717) is 11.6 Å². The summed E-state index contributed by atoms with van der Waals surface area (Å²) in [5.74, 6) is 0.809. The van der Waals surface area contributed by atoms with Gasteiger partial charge in [-0.3, -0.25) is 0 Å². The minimum absolute atomic E-state index is 0.441. The molecule has 1 aromatic carbocycles. The van der Waals surface area contributed by atoms with Gasteiger partial charge in [-0.25, -0.2) is 0 Å². The molecular formula is C10H9BrN2OS. The molecule has 0 aliphatic carbocycles. The highest BCUT2D eigenvalue weighted by Crippen LogP contribution is 2.25. The molecule has 0 bridgehead atoms. The molecule has 2 rings (SSSR count). The topological polar surface area (TPSA) is 48.1 Å². The molecule has 0 saturated carbocycles. The van der Waals surface area contributed by atoms with Gasteiger partial charge in [0, 0.05) is 0 Å². The minimum atomic E-state index is 0.441. The Hall–Kier alpha value is -1.07. The van der Waals surface area contributed by atoms with E-state index in [1.54, 1.807) is 0 Å². The van der Waals surface area contributed by atoms with Crippen molar-refractivity contribution in [3.8, 4) is 5.75 Å². The highest BCUT2D eigenvalue weighted by atomic mass is 79.9. The second-order valence-electron chi connectivity index (χ2n) is 2.94. The maximum Gasteiger partial charge on any atom is 0.134 e. The van der Waals surface area contributed by atoms with Crippen LogP contribution in [0, 0.1) is 0 Å². The lowest BCUT2D eigenvalue weighted by Crippen LogP contribution is -1.95. The number of para-hydroxylation sites is 1. The van der Waals surface area contributed by atoms with Gasteiger partial charge in [0.2, 0.25) is 0 Å². The molecular weight excluding hydrogens is 276 g/mol. The highest BCUT2D eigenvalue weighted by molar-refractivity contribution is 9.10. The number of ether oxygens (including phenoxy) is 1. The van der Waals surface area contributed by atoms with Gasteiger partial charge in [-0.1, -0.05) is 12.1 Å². The number of hydrogen-bond donors (Lipinski definition) is 1. The third-order valence-corrected chi connectivity index (χ3v) is 3.10. The predicted octanol–water partition coefficient (Wildman–Crippen LogP) is 3.07. The molecule has 3 nitrogen and oxygen atoms in total. The average Bonchev–Trinajstić information content (AvgIpc) is 2.63. The van der Waals surface area contributed by atoms with E-state index < -0.39 is 0 Å². The van der Waals surface area contributed by atoms with Crippen LogP contribution in [0.4, 0.5) is 5.00 Å². The first-order chi connectivity index (χ1) is 7.25. The smallest absolute Gasteiger partial charge is 0.134 e. The number of anilines is 1. The van der Waals surface area contributed by atoms with Crippen molar-refractivity contribution in [3.05, 3.63) is 40.5 Å². The monoisotopic (exact) mass is 284 g/mol. The van der Waals surface area contributed by atoms with E-state index >= 15 is 0 Å². The number of nitrogens with two attached hydrogens (primary N) is 1. The lowest BCUT2D eigenvalue weighted by atomic mass is 10.3. The van der Waals surface area contributed by atoms with Crippen LogP contribution >= 0.6 is 27.5 Å². The van der Waals surface area contributed by atoms with E-state index in [4.69, 9.17) is 10.5 Å². The maximum absolute atomic E-state index is 5.58. The molecule has 0 fully saturated rings. The fourth-order valence-electron chi connectivity index (χ4n) is 1.11. The molecule has 78 valence electrons. The standard InChI is InChI=1S/C10H9BrN2OS/c11-8-3-1-2-4-9(8)14-6-7-5-10(12)15-13-7/h1-5H,6,12H2. The van der Waals surface area contributed by atoms with Gasteiger partial charge in [-0.2, -0.15) is 4.37 Å². The SMILES string of the molecule is Nc1cc(COc2ccccc2Br)ns1. The summed E-state index contributed by atoms with van der Waals surface area (Å²) < 4.78 is 10.7. The molecule has 0 amide bonds. The van der Waals surface area contributed by atoms with Gasteiger partial charge in [-0.05, 0) is 45.7 Å². The number of rotatable bonds is 3. The van der Waals surface area contributed by atoms with E-state index in [2.05, 4.69) is 20.3 Å². The van der Waals surface area contributed by atoms with Crippen LogP contribution in [0.3, 0.4) is 0 Å². The van der Waals surface area contributed by atoms with Crippen LogP contribution in [-0.2, 0) is 6.61 Å². The Bertz CT molecular complexity index is 458. The van der Waals surface area contributed by atoms with Crippen molar-refractivity contribution in [1.82, 2.24) is 4.37 Å². The van der Waals surface area contributed by atoms with Crippen LogP contribution in [0.25, 0.3) is 0 Å². The molecule has 0 aliphatic rings. The van der Waals surface area contributed by atoms with Crippen molar-refractivity contribution in [2.75, 3.05) is 5.73 Å². The molecule has 0 atom stereocenters. The zero-order chi connectivity index (χ0) is 10.7. The molecule has 0 saturated heterocycles. The third-order valence-electron chi connectivity index (χ3n) is 1.79. The molecule has 0 radical (unpaired) electrons. The van der Waals surface area contributed by atoms with Crippen LogP contribution in [-0.4, -0.2) is 4.37 Å². The normalized spacial score (nSPS) is 10.2. The van der Waals surface area contributed by atoms with E-state index in [1.165, 1.54) is 11.5 Å². The second kappa shape index (κ2) is 4.63. The first-order valence-corrected chi connectivity index (χ1v) is 5.91. The molecule has 5 heteroatoms. The summed E-state index contributed by atoms with van der Waals surface area (Å²) in [6.45, 7) is 0.441. The molecule has 0 spiro atoms. The van der Waals surface area contributed by atoms with Gasteiger partial charge in [0.1, 0.15) is 17.4 Å². The molecule has 0 unspecified atom stereocenters. The van der Waals surface area contributed by atoms with Gasteiger partial charge in [0.15, 0.2) is 0 Å². The summed E-state index contributed by atoms with van der Waals surface area (Å²) in [7, 11) is 0. The van der Waals surface area contributed by atoms with Crippen molar-refractivity contribution >= 4 is 32.5 Å². The zero-order valence-corrected chi connectivity index (χ0v) is 10.2. The summed E-state index contributed by atoms with van der Waals surface area (Å²) in [5.41, 5.74) is 6.42. The first kappa shape index (κ1) is 10.4. The molecule has 0 aliphatic heterocycles. The van der Waals surface area contributed by atoms with Gasteiger partial charge in [0.25, 0.3) is 0 Å². The van der Waals surface area contributed by atoms with Crippen LogP contribution in [0.5, 0.6) is 5.75 Å². The second-order valence-corrected chi connectivity index (χ2v) is 4.63.